The summed E-state index contributed by atoms with van der Waals surface area (Å²) in [5.74, 6) is 0. The average molecular weight is 270 g/mol. The first kappa shape index (κ1) is 12.2. The Labute approximate surface area is 97.1 Å². The highest BCUT2D eigenvalue weighted by molar-refractivity contribution is 9.10. The number of nitriles is 1. The van der Waals surface area contributed by atoms with E-state index in [0.29, 0.717) is 5.56 Å². The van der Waals surface area contributed by atoms with Gasteiger partial charge in [-0.3, -0.25) is 0 Å². The number of rotatable bonds is 3. The summed E-state index contributed by atoms with van der Waals surface area (Å²) in [5, 5.41) is 27.6. The molecular weight excluding hydrogens is 258 g/mol. The largest absolute Gasteiger partial charge is 0.389 e. The molecule has 0 saturated carbocycles. The van der Waals surface area contributed by atoms with Crippen LogP contribution >= 0.6 is 15.9 Å². The number of aryl methyl sites for hydroxylation is 1. The summed E-state index contributed by atoms with van der Waals surface area (Å²) in [7, 11) is 0. The van der Waals surface area contributed by atoms with E-state index in [2.05, 4.69) is 15.9 Å². The number of aliphatic hydroxyl groups is 2. The van der Waals surface area contributed by atoms with Gasteiger partial charge in [-0.25, -0.2) is 0 Å². The molecule has 0 heterocycles. The lowest BCUT2D eigenvalue weighted by molar-refractivity contribution is 0.0212. The van der Waals surface area contributed by atoms with E-state index in [0.717, 1.165) is 10.0 Å². The van der Waals surface area contributed by atoms with Gasteiger partial charge in [0.1, 0.15) is 6.10 Å². The summed E-state index contributed by atoms with van der Waals surface area (Å²) in [5.41, 5.74) is 1.66. The Morgan fingerprint density at radius 1 is 1.47 bits per heavy atom. The molecule has 0 aliphatic heterocycles. The topological polar surface area (TPSA) is 64.2 Å². The Morgan fingerprint density at radius 3 is 2.67 bits per heavy atom. The predicted molar refractivity (Wildman–Crippen MR) is 60.1 cm³/mol. The molecule has 0 bridgehead atoms. The van der Waals surface area contributed by atoms with Crippen LogP contribution in [0.4, 0.5) is 0 Å². The Morgan fingerprint density at radius 2 is 2.13 bits per heavy atom. The van der Waals surface area contributed by atoms with E-state index in [1.54, 1.807) is 6.07 Å². The molecule has 3 nitrogen and oxygen atoms in total. The van der Waals surface area contributed by atoms with Gasteiger partial charge < -0.3 is 10.2 Å². The van der Waals surface area contributed by atoms with Gasteiger partial charge in [-0.1, -0.05) is 28.1 Å². The first-order valence-electron chi connectivity index (χ1n) is 4.55. The van der Waals surface area contributed by atoms with Crippen LogP contribution in [-0.4, -0.2) is 16.3 Å². The second kappa shape index (κ2) is 5.26. The molecule has 0 saturated heterocycles. The van der Waals surface area contributed by atoms with Crippen LogP contribution in [0.15, 0.2) is 22.7 Å². The minimum absolute atomic E-state index is 0.0819. The molecule has 4 heteroatoms. The Hall–Kier alpha value is -0.890. The zero-order chi connectivity index (χ0) is 11.4. The number of nitrogens with zero attached hydrogens (tertiary/aromatic N) is 1. The quantitative estimate of drug-likeness (QED) is 0.883. The van der Waals surface area contributed by atoms with Gasteiger partial charge in [-0.05, 0) is 24.1 Å². The molecule has 1 aromatic carbocycles. The van der Waals surface area contributed by atoms with E-state index in [1.165, 1.54) is 0 Å². The molecule has 1 aromatic rings. The number of aliphatic hydroxyl groups excluding tert-OH is 2. The molecule has 0 fully saturated rings. The van der Waals surface area contributed by atoms with Gasteiger partial charge >= 0.3 is 0 Å². The Kier molecular flexibility index (Phi) is 4.28. The number of halogens is 1. The lowest BCUT2D eigenvalue weighted by atomic mass is 10.0. The number of benzene rings is 1. The van der Waals surface area contributed by atoms with Crippen molar-refractivity contribution in [2.24, 2.45) is 0 Å². The van der Waals surface area contributed by atoms with Gasteiger partial charge in [-0.15, -0.1) is 0 Å². The van der Waals surface area contributed by atoms with Crippen molar-refractivity contribution in [3.8, 4) is 6.07 Å². The molecule has 0 spiro atoms. The molecule has 1 rings (SSSR count). The molecule has 0 aliphatic rings. The summed E-state index contributed by atoms with van der Waals surface area (Å²) in [6.45, 7) is 1.94. The fourth-order valence-corrected chi connectivity index (χ4v) is 2.01. The number of hydrogen-bond donors (Lipinski definition) is 2. The third-order valence-electron chi connectivity index (χ3n) is 2.14. The van der Waals surface area contributed by atoms with E-state index in [9.17, 15) is 10.2 Å². The SMILES string of the molecule is Cc1ccc(C(O)C(O)CC#N)c(Br)c1. The van der Waals surface area contributed by atoms with E-state index in [-0.39, 0.29) is 6.42 Å². The van der Waals surface area contributed by atoms with Crippen molar-refractivity contribution in [3.05, 3.63) is 33.8 Å². The van der Waals surface area contributed by atoms with Crippen LogP contribution in [0, 0.1) is 18.3 Å². The van der Waals surface area contributed by atoms with Crippen LogP contribution in [0.5, 0.6) is 0 Å². The van der Waals surface area contributed by atoms with Crippen molar-refractivity contribution in [3.63, 3.8) is 0 Å². The maximum atomic E-state index is 9.76. The van der Waals surface area contributed by atoms with Crippen molar-refractivity contribution >= 4 is 15.9 Å². The fourth-order valence-electron chi connectivity index (χ4n) is 1.28. The standard InChI is InChI=1S/C11H12BrNO2/c1-7-2-3-8(9(12)6-7)11(15)10(14)4-5-13/h2-3,6,10-11,14-15H,4H2,1H3. The molecule has 2 unspecified atom stereocenters. The van der Waals surface area contributed by atoms with E-state index >= 15 is 0 Å². The van der Waals surface area contributed by atoms with Crippen molar-refractivity contribution in [1.29, 1.82) is 5.26 Å². The maximum absolute atomic E-state index is 9.76. The lowest BCUT2D eigenvalue weighted by Crippen LogP contribution is -2.17. The average Bonchev–Trinajstić information content (AvgIpc) is 2.17. The van der Waals surface area contributed by atoms with Crippen LogP contribution in [0.1, 0.15) is 23.7 Å². The smallest absolute Gasteiger partial charge is 0.107 e. The highest BCUT2D eigenvalue weighted by Gasteiger charge is 2.19. The van der Waals surface area contributed by atoms with Crippen LogP contribution < -0.4 is 0 Å². The summed E-state index contributed by atoms with van der Waals surface area (Å²) in [4.78, 5) is 0. The summed E-state index contributed by atoms with van der Waals surface area (Å²) < 4.78 is 0.743. The van der Waals surface area contributed by atoms with Crippen LogP contribution in [-0.2, 0) is 0 Å². The summed E-state index contributed by atoms with van der Waals surface area (Å²) >= 11 is 3.31. The van der Waals surface area contributed by atoms with Gasteiger partial charge in [0.25, 0.3) is 0 Å². The highest BCUT2D eigenvalue weighted by atomic mass is 79.9. The first-order chi connectivity index (χ1) is 7.06. The second-order valence-electron chi connectivity index (χ2n) is 3.40. The van der Waals surface area contributed by atoms with Crippen LogP contribution in [0.2, 0.25) is 0 Å². The molecule has 0 amide bonds. The lowest BCUT2D eigenvalue weighted by Gasteiger charge is -2.17. The molecular formula is C11H12BrNO2. The van der Waals surface area contributed by atoms with Crippen LogP contribution in [0.3, 0.4) is 0 Å². The second-order valence-corrected chi connectivity index (χ2v) is 4.25. The minimum Gasteiger partial charge on any atom is -0.389 e. The van der Waals surface area contributed by atoms with Crippen molar-refractivity contribution in [2.45, 2.75) is 25.6 Å². The highest BCUT2D eigenvalue weighted by Crippen LogP contribution is 2.27. The molecule has 80 valence electrons. The molecule has 2 N–H and O–H groups in total. The molecule has 15 heavy (non-hydrogen) atoms. The van der Waals surface area contributed by atoms with Crippen molar-refractivity contribution < 1.29 is 10.2 Å². The predicted octanol–water partition coefficient (Wildman–Crippen LogP) is 2.07. The third-order valence-corrected chi connectivity index (χ3v) is 2.83. The van der Waals surface area contributed by atoms with Gasteiger partial charge in [0.05, 0.1) is 18.6 Å². The van der Waals surface area contributed by atoms with E-state index < -0.39 is 12.2 Å². The molecule has 0 aromatic heterocycles. The number of hydrogen-bond acceptors (Lipinski definition) is 3. The van der Waals surface area contributed by atoms with Crippen molar-refractivity contribution in [2.75, 3.05) is 0 Å². The summed E-state index contributed by atoms with van der Waals surface area (Å²) in [6.07, 6.45) is -2.16. The molecule has 0 aliphatic carbocycles. The van der Waals surface area contributed by atoms with Gasteiger partial charge in [-0.2, -0.15) is 5.26 Å². The first-order valence-corrected chi connectivity index (χ1v) is 5.34. The zero-order valence-corrected chi connectivity index (χ0v) is 9.90. The molecule has 2 atom stereocenters. The Bertz CT molecular complexity index is 387. The van der Waals surface area contributed by atoms with Gasteiger partial charge in [0.2, 0.25) is 0 Å². The fraction of sp³-hybridized carbons (Fsp3) is 0.364. The normalized spacial score (nSPS) is 14.3. The van der Waals surface area contributed by atoms with E-state index in [1.807, 2.05) is 25.1 Å². The summed E-state index contributed by atoms with van der Waals surface area (Å²) in [6, 6.07) is 7.27. The third kappa shape index (κ3) is 3.03. The minimum atomic E-state index is -1.05. The van der Waals surface area contributed by atoms with Gasteiger partial charge in [0.15, 0.2) is 0 Å². The van der Waals surface area contributed by atoms with Crippen LogP contribution in [0.25, 0.3) is 0 Å². The Balaban J connectivity index is 2.91. The maximum Gasteiger partial charge on any atom is 0.107 e. The van der Waals surface area contributed by atoms with E-state index in [4.69, 9.17) is 5.26 Å². The van der Waals surface area contributed by atoms with Crippen molar-refractivity contribution in [1.82, 2.24) is 0 Å². The zero-order valence-electron chi connectivity index (χ0n) is 8.31. The monoisotopic (exact) mass is 269 g/mol. The molecule has 0 radical (unpaired) electrons. The van der Waals surface area contributed by atoms with Gasteiger partial charge in [0, 0.05) is 4.47 Å².